The molecule has 0 radical (unpaired) electrons. The predicted molar refractivity (Wildman–Crippen MR) is 89.9 cm³/mol. The lowest BCUT2D eigenvalue weighted by atomic mass is 9.91. The van der Waals surface area contributed by atoms with E-state index in [1.807, 2.05) is 11.9 Å². The van der Waals surface area contributed by atoms with Gasteiger partial charge in [-0.25, -0.2) is 0 Å². The van der Waals surface area contributed by atoms with E-state index >= 15 is 0 Å². The van der Waals surface area contributed by atoms with E-state index in [4.69, 9.17) is 0 Å². The van der Waals surface area contributed by atoms with Crippen LogP contribution in [0.4, 0.5) is 0 Å². The molecule has 5 nitrogen and oxygen atoms in total. The van der Waals surface area contributed by atoms with Gasteiger partial charge in [0.2, 0.25) is 11.8 Å². The summed E-state index contributed by atoms with van der Waals surface area (Å²) in [6.07, 6.45) is 7.50. The standard InChI is InChI=1S/C18H31N3O2/c1-19-9-6-14-7-11-20(12-8-14)18(23)16-3-2-10-21(13-16)17(22)15-4-5-15/h14-16,19H,2-13H2,1H3. The lowest BCUT2D eigenvalue weighted by Crippen LogP contribution is -2.49. The van der Waals surface area contributed by atoms with E-state index in [0.29, 0.717) is 18.4 Å². The first-order valence-corrected chi connectivity index (χ1v) is 9.41. The van der Waals surface area contributed by atoms with Crippen molar-refractivity contribution in [2.75, 3.05) is 39.8 Å². The van der Waals surface area contributed by atoms with Crippen LogP contribution < -0.4 is 5.32 Å². The first kappa shape index (κ1) is 16.7. The summed E-state index contributed by atoms with van der Waals surface area (Å²) in [5.41, 5.74) is 0. The summed E-state index contributed by atoms with van der Waals surface area (Å²) in [4.78, 5) is 29.1. The molecule has 130 valence electrons. The summed E-state index contributed by atoms with van der Waals surface area (Å²) >= 11 is 0. The average Bonchev–Trinajstić information content (AvgIpc) is 3.44. The van der Waals surface area contributed by atoms with Gasteiger partial charge in [-0.2, -0.15) is 0 Å². The van der Waals surface area contributed by atoms with Crippen molar-refractivity contribution in [2.45, 2.75) is 44.9 Å². The number of piperidine rings is 2. The summed E-state index contributed by atoms with van der Waals surface area (Å²) in [6, 6.07) is 0. The van der Waals surface area contributed by atoms with Crippen LogP contribution in [0.1, 0.15) is 44.9 Å². The fourth-order valence-electron chi connectivity index (χ4n) is 4.02. The van der Waals surface area contributed by atoms with Crippen molar-refractivity contribution >= 4 is 11.8 Å². The first-order valence-electron chi connectivity index (χ1n) is 9.41. The van der Waals surface area contributed by atoms with E-state index < -0.39 is 0 Å². The van der Waals surface area contributed by atoms with E-state index in [0.717, 1.165) is 70.6 Å². The highest BCUT2D eigenvalue weighted by Gasteiger charge is 2.38. The van der Waals surface area contributed by atoms with Crippen molar-refractivity contribution in [3.05, 3.63) is 0 Å². The third-order valence-electron chi connectivity index (χ3n) is 5.74. The normalized spacial score (nSPS) is 26.4. The van der Waals surface area contributed by atoms with Crippen LogP contribution in [0.5, 0.6) is 0 Å². The number of amides is 2. The van der Waals surface area contributed by atoms with Gasteiger partial charge in [-0.3, -0.25) is 9.59 Å². The number of nitrogens with one attached hydrogen (secondary N) is 1. The smallest absolute Gasteiger partial charge is 0.227 e. The van der Waals surface area contributed by atoms with Crippen molar-refractivity contribution in [1.29, 1.82) is 0 Å². The topological polar surface area (TPSA) is 52.7 Å². The number of hydrogen-bond acceptors (Lipinski definition) is 3. The predicted octanol–water partition coefficient (Wildman–Crippen LogP) is 1.48. The highest BCUT2D eigenvalue weighted by Crippen LogP contribution is 2.33. The van der Waals surface area contributed by atoms with Crippen LogP contribution in [0.15, 0.2) is 0 Å². The zero-order valence-corrected chi connectivity index (χ0v) is 14.4. The van der Waals surface area contributed by atoms with Crippen molar-refractivity contribution in [1.82, 2.24) is 15.1 Å². The van der Waals surface area contributed by atoms with Crippen molar-refractivity contribution < 1.29 is 9.59 Å². The number of nitrogens with zero attached hydrogens (tertiary/aromatic N) is 2. The Balaban J connectivity index is 1.47. The monoisotopic (exact) mass is 321 g/mol. The fraction of sp³-hybridized carbons (Fsp3) is 0.889. The molecule has 2 aliphatic heterocycles. The highest BCUT2D eigenvalue weighted by molar-refractivity contribution is 5.83. The molecule has 5 heteroatoms. The van der Waals surface area contributed by atoms with E-state index in [1.165, 1.54) is 6.42 Å². The third-order valence-corrected chi connectivity index (χ3v) is 5.74. The molecule has 1 saturated carbocycles. The van der Waals surface area contributed by atoms with Crippen molar-refractivity contribution in [3.63, 3.8) is 0 Å². The second-order valence-corrected chi connectivity index (χ2v) is 7.56. The Bertz CT molecular complexity index is 428. The molecule has 3 fully saturated rings. The van der Waals surface area contributed by atoms with Gasteiger partial charge in [0.1, 0.15) is 0 Å². The third kappa shape index (κ3) is 4.25. The molecular formula is C18H31N3O2. The second kappa shape index (κ2) is 7.65. The lowest BCUT2D eigenvalue weighted by Gasteiger charge is -2.38. The molecule has 1 N–H and O–H groups in total. The number of likely N-dealkylation sites (tertiary alicyclic amines) is 2. The van der Waals surface area contributed by atoms with E-state index in [-0.39, 0.29) is 11.8 Å². The van der Waals surface area contributed by atoms with Gasteiger partial charge >= 0.3 is 0 Å². The van der Waals surface area contributed by atoms with E-state index in [2.05, 4.69) is 10.2 Å². The summed E-state index contributed by atoms with van der Waals surface area (Å²) in [5.74, 6) is 1.66. The van der Waals surface area contributed by atoms with Crippen LogP contribution in [0.3, 0.4) is 0 Å². The SMILES string of the molecule is CNCCC1CCN(C(=O)C2CCCN(C(=O)C3CC3)C2)CC1. The molecule has 0 aromatic rings. The fourth-order valence-corrected chi connectivity index (χ4v) is 4.02. The lowest BCUT2D eigenvalue weighted by molar-refractivity contribution is -0.142. The van der Waals surface area contributed by atoms with Crippen LogP contribution in [0.25, 0.3) is 0 Å². The quantitative estimate of drug-likeness (QED) is 0.834. The highest BCUT2D eigenvalue weighted by atomic mass is 16.2. The van der Waals surface area contributed by atoms with Crippen molar-refractivity contribution in [2.24, 2.45) is 17.8 Å². The molecule has 3 aliphatic rings. The maximum atomic E-state index is 12.8. The number of hydrogen-bond donors (Lipinski definition) is 1. The molecule has 1 aliphatic carbocycles. The van der Waals surface area contributed by atoms with E-state index in [9.17, 15) is 9.59 Å². The summed E-state index contributed by atoms with van der Waals surface area (Å²) in [7, 11) is 2.00. The summed E-state index contributed by atoms with van der Waals surface area (Å²) in [6.45, 7) is 4.39. The molecule has 0 aromatic carbocycles. The van der Waals surface area contributed by atoms with Gasteiger partial charge in [0.25, 0.3) is 0 Å². The summed E-state index contributed by atoms with van der Waals surface area (Å²) < 4.78 is 0. The van der Waals surface area contributed by atoms with Crippen LogP contribution in [-0.4, -0.2) is 61.4 Å². The Morgan fingerprint density at radius 3 is 2.26 bits per heavy atom. The molecule has 0 aromatic heterocycles. The maximum absolute atomic E-state index is 12.8. The van der Waals surface area contributed by atoms with Gasteiger partial charge < -0.3 is 15.1 Å². The molecule has 0 spiro atoms. The molecule has 23 heavy (non-hydrogen) atoms. The second-order valence-electron chi connectivity index (χ2n) is 7.56. The number of carbonyl (C=O) groups excluding carboxylic acids is 2. The van der Waals surface area contributed by atoms with Gasteiger partial charge in [-0.05, 0) is 64.5 Å². The van der Waals surface area contributed by atoms with Crippen LogP contribution >= 0.6 is 0 Å². The van der Waals surface area contributed by atoms with E-state index in [1.54, 1.807) is 0 Å². The zero-order chi connectivity index (χ0) is 16.2. The van der Waals surface area contributed by atoms with Crippen LogP contribution in [0, 0.1) is 17.8 Å². The molecule has 3 rings (SSSR count). The molecule has 2 amide bonds. The molecule has 2 heterocycles. The molecule has 1 unspecified atom stereocenters. The average molecular weight is 321 g/mol. The van der Waals surface area contributed by atoms with Gasteiger partial charge in [0.05, 0.1) is 5.92 Å². The number of rotatable bonds is 5. The molecule has 1 atom stereocenters. The summed E-state index contributed by atoms with van der Waals surface area (Å²) in [5, 5.41) is 3.21. The van der Waals surface area contributed by atoms with Gasteiger partial charge in [-0.15, -0.1) is 0 Å². The van der Waals surface area contributed by atoms with Gasteiger partial charge in [0, 0.05) is 32.1 Å². The Kier molecular flexibility index (Phi) is 5.57. The zero-order valence-electron chi connectivity index (χ0n) is 14.4. The number of carbonyl (C=O) groups is 2. The Morgan fingerprint density at radius 2 is 1.61 bits per heavy atom. The molecule has 0 bridgehead atoms. The Morgan fingerprint density at radius 1 is 0.913 bits per heavy atom. The van der Waals surface area contributed by atoms with Gasteiger partial charge in [-0.1, -0.05) is 0 Å². The molecule has 2 saturated heterocycles. The maximum Gasteiger partial charge on any atom is 0.227 e. The molecular weight excluding hydrogens is 290 g/mol. The van der Waals surface area contributed by atoms with Crippen LogP contribution in [0.2, 0.25) is 0 Å². The van der Waals surface area contributed by atoms with Crippen molar-refractivity contribution in [3.8, 4) is 0 Å². The largest absolute Gasteiger partial charge is 0.342 e. The van der Waals surface area contributed by atoms with Gasteiger partial charge in [0.15, 0.2) is 0 Å². The Hall–Kier alpha value is -1.10. The Labute approximate surface area is 139 Å². The first-order chi connectivity index (χ1) is 11.2. The van der Waals surface area contributed by atoms with Crippen LogP contribution in [-0.2, 0) is 9.59 Å². The minimum Gasteiger partial charge on any atom is -0.342 e. The minimum absolute atomic E-state index is 0.0420. The minimum atomic E-state index is 0.0420.